The zero-order valence-corrected chi connectivity index (χ0v) is 9.17. The molecule has 5 nitrogen and oxygen atoms in total. The van der Waals surface area contributed by atoms with Gasteiger partial charge < -0.3 is 14.6 Å². The number of rotatable bonds is 3. The Morgan fingerprint density at radius 2 is 2.00 bits per heavy atom. The number of carboxylic acids is 1. The fourth-order valence-corrected chi connectivity index (χ4v) is 1.46. The molecular formula is C12H11NO4. The van der Waals surface area contributed by atoms with Crippen molar-refractivity contribution in [2.45, 2.75) is 13.3 Å². The van der Waals surface area contributed by atoms with E-state index in [1.807, 2.05) is 0 Å². The summed E-state index contributed by atoms with van der Waals surface area (Å²) in [6, 6.07) is 6.35. The van der Waals surface area contributed by atoms with Crippen LogP contribution in [0.25, 0.3) is 11.5 Å². The minimum Gasteiger partial charge on any atom is -0.508 e. The van der Waals surface area contributed by atoms with Crippen LogP contribution in [0.2, 0.25) is 0 Å². The van der Waals surface area contributed by atoms with Gasteiger partial charge in [0, 0.05) is 5.56 Å². The van der Waals surface area contributed by atoms with E-state index < -0.39 is 5.97 Å². The van der Waals surface area contributed by atoms with E-state index in [1.54, 1.807) is 19.1 Å². The summed E-state index contributed by atoms with van der Waals surface area (Å²) in [7, 11) is 0. The summed E-state index contributed by atoms with van der Waals surface area (Å²) in [5.74, 6) is -0.0939. The van der Waals surface area contributed by atoms with Gasteiger partial charge in [-0.1, -0.05) is 0 Å². The number of aryl methyl sites for hydroxylation is 1. The van der Waals surface area contributed by atoms with E-state index in [-0.39, 0.29) is 12.2 Å². The van der Waals surface area contributed by atoms with Crippen LogP contribution in [0, 0.1) is 6.92 Å². The molecule has 2 rings (SSSR count). The number of aromatic nitrogens is 1. The minimum atomic E-state index is -0.957. The van der Waals surface area contributed by atoms with E-state index in [9.17, 15) is 4.79 Å². The van der Waals surface area contributed by atoms with Crippen LogP contribution >= 0.6 is 0 Å². The predicted molar refractivity (Wildman–Crippen MR) is 59.7 cm³/mol. The Morgan fingerprint density at radius 1 is 1.35 bits per heavy atom. The quantitative estimate of drug-likeness (QED) is 0.846. The Bertz CT molecular complexity index is 542. The van der Waals surface area contributed by atoms with Gasteiger partial charge in [-0.2, -0.15) is 0 Å². The summed E-state index contributed by atoms with van der Waals surface area (Å²) >= 11 is 0. The number of carboxylic acid groups (broad SMARTS) is 1. The number of nitrogens with zero attached hydrogens (tertiary/aromatic N) is 1. The molecule has 2 N–H and O–H groups in total. The fraction of sp³-hybridized carbons (Fsp3) is 0.167. The number of hydrogen-bond donors (Lipinski definition) is 2. The van der Waals surface area contributed by atoms with Crippen molar-refractivity contribution in [1.29, 1.82) is 0 Å². The highest BCUT2D eigenvalue weighted by molar-refractivity contribution is 5.70. The first-order chi connectivity index (χ1) is 8.06. The molecular weight excluding hydrogens is 222 g/mol. The van der Waals surface area contributed by atoms with E-state index >= 15 is 0 Å². The predicted octanol–water partition coefficient (Wildman–Crippen LogP) is 1.98. The number of aliphatic carboxylic acids is 1. The maximum atomic E-state index is 10.6. The van der Waals surface area contributed by atoms with Gasteiger partial charge in [0.15, 0.2) is 0 Å². The van der Waals surface area contributed by atoms with Crippen molar-refractivity contribution in [3.8, 4) is 17.2 Å². The zero-order valence-electron chi connectivity index (χ0n) is 9.17. The van der Waals surface area contributed by atoms with Gasteiger partial charge in [0.1, 0.15) is 17.9 Å². The fourth-order valence-electron chi connectivity index (χ4n) is 1.46. The third-order valence-corrected chi connectivity index (χ3v) is 2.32. The molecule has 0 unspecified atom stereocenters. The molecule has 0 spiro atoms. The first-order valence-corrected chi connectivity index (χ1v) is 5.04. The Kier molecular flexibility index (Phi) is 2.82. The molecule has 1 aromatic heterocycles. The van der Waals surface area contributed by atoms with Gasteiger partial charge in [-0.25, -0.2) is 4.98 Å². The molecule has 1 heterocycles. The number of oxazole rings is 1. The number of hydrogen-bond acceptors (Lipinski definition) is 4. The largest absolute Gasteiger partial charge is 0.508 e. The van der Waals surface area contributed by atoms with Crippen LogP contribution in [0.5, 0.6) is 5.75 Å². The van der Waals surface area contributed by atoms with Crippen molar-refractivity contribution < 1.29 is 19.4 Å². The highest BCUT2D eigenvalue weighted by atomic mass is 16.4. The molecule has 2 aromatic rings. The minimum absolute atomic E-state index is 0.155. The van der Waals surface area contributed by atoms with Crippen LogP contribution in [0.1, 0.15) is 11.5 Å². The second-order valence-corrected chi connectivity index (χ2v) is 3.64. The first kappa shape index (κ1) is 11.2. The Morgan fingerprint density at radius 3 is 2.59 bits per heavy atom. The normalized spacial score (nSPS) is 10.4. The van der Waals surface area contributed by atoms with Crippen LogP contribution < -0.4 is 0 Å². The van der Waals surface area contributed by atoms with Crippen molar-refractivity contribution in [2.75, 3.05) is 0 Å². The summed E-state index contributed by atoms with van der Waals surface area (Å²) in [5.41, 5.74) is 1.26. The monoisotopic (exact) mass is 233 g/mol. The van der Waals surface area contributed by atoms with E-state index in [0.717, 1.165) is 0 Å². The van der Waals surface area contributed by atoms with Crippen molar-refractivity contribution in [3.63, 3.8) is 0 Å². The maximum Gasteiger partial charge on any atom is 0.311 e. The van der Waals surface area contributed by atoms with Crippen LogP contribution in [0.3, 0.4) is 0 Å². The number of phenols is 1. The SMILES string of the molecule is Cc1nc(-c2ccc(O)cc2)oc1CC(=O)O. The summed E-state index contributed by atoms with van der Waals surface area (Å²) in [4.78, 5) is 14.7. The highest BCUT2D eigenvalue weighted by Crippen LogP contribution is 2.23. The van der Waals surface area contributed by atoms with E-state index in [0.29, 0.717) is 22.9 Å². The van der Waals surface area contributed by atoms with Gasteiger partial charge in [0.2, 0.25) is 5.89 Å². The van der Waals surface area contributed by atoms with Gasteiger partial charge >= 0.3 is 5.97 Å². The molecule has 5 heteroatoms. The molecule has 0 aliphatic carbocycles. The molecule has 0 saturated heterocycles. The molecule has 1 aromatic carbocycles. The molecule has 17 heavy (non-hydrogen) atoms. The molecule has 0 fully saturated rings. The standard InChI is InChI=1S/C12H11NO4/c1-7-10(6-11(15)16)17-12(13-7)8-2-4-9(14)5-3-8/h2-5,14H,6H2,1H3,(H,15,16). The molecule has 88 valence electrons. The number of phenolic OH excluding ortho intramolecular Hbond substituents is 1. The van der Waals surface area contributed by atoms with Crippen molar-refractivity contribution in [1.82, 2.24) is 4.98 Å². The lowest BCUT2D eigenvalue weighted by Crippen LogP contribution is -1.99. The zero-order chi connectivity index (χ0) is 12.4. The highest BCUT2D eigenvalue weighted by Gasteiger charge is 2.13. The molecule has 0 bridgehead atoms. The molecule has 0 aliphatic heterocycles. The molecule has 0 radical (unpaired) electrons. The molecule has 0 atom stereocenters. The average molecular weight is 233 g/mol. The molecule has 0 amide bonds. The Balaban J connectivity index is 2.34. The second-order valence-electron chi connectivity index (χ2n) is 3.64. The number of carbonyl (C=O) groups is 1. The molecule has 0 saturated carbocycles. The van der Waals surface area contributed by atoms with Crippen molar-refractivity contribution >= 4 is 5.97 Å². The number of benzene rings is 1. The van der Waals surface area contributed by atoms with Crippen molar-refractivity contribution in [2.24, 2.45) is 0 Å². The van der Waals surface area contributed by atoms with Gasteiger partial charge in [-0.3, -0.25) is 4.79 Å². The van der Waals surface area contributed by atoms with Gasteiger partial charge in [-0.05, 0) is 31.2 Å². The topological polar surface area (TPSA) is 83.6 Å². The van der Waals surface area contributed by atoms with Crippen LogP contribution in [-0.4, -0.2) is 21.2 Å². The summed E-state index contributed by atoms with van der Waals surface area (Å²) in [6.45, 7) is 1.70. The Labute approximate surface area is 97.3 Å². The molecule has 0 aliphatic rings. The summed E-state index contributed by atoms with van der Waals surface area (Å²) < 4.78 is 5.38. The van der Waals surface area contributed by atoms with E-state index in [4.69, 9.17) is 14.6 Å². The van der Waals surface area contributed by atoms with Crippen LogP contribution in [0.4, 0.5) is 0 Å². The lowest BCUT2D eigenvalue weighted by atomic mass is 10.2. The Hall–Kier alpha value is -2.30. The van der Waals surface area contributed by atoms with Crippen molar-refractivity contribution in [3.05, 3.63) is 35.7 Å². The lowest BCUT2D eigenvalue weighted by Gasteiger charge is -1.95. The second kappa shape index (κ2) is 4.29. The summed E-state index contributed by atoms with van der Waals surface area (Å²) in [6.07, 6.45) is -0.184. The third-order valence-electron chi connectivity index (χ3n) is 2.32. The first-order valence-electron chi connectivity index (χ1n) is 5.04. The maximum absolute atomic E-state index is 10.6. The van der Waals surface area contributed by atoms with Crippen LogP contribution in [0.15, 0.2) is 28.7 Å². The van der Waals surface area contributed by atoms with E-state index in [2.05, 4.69) is 4.98 Å². The lowest BCUT2D eigenvalue weighted by molar-refractivity contribution is -0.136. The van der Waals surface area contributed by atoms with Crippen LogP contribution in [-0.2, 0) is 11.2 Å². The van der Waals surface area contributed by atoms with Gasteiger partial charge in [0.25, 0.3) is 0 Å². The smallest absolute Gasteiger partial charge is 0.311 e. The van der Waals surface area contributed by atoms with Gasteiger partial charge in [0.05, 0.1) is 5.69 Å². The van der Waals surface area contributed by atoms with E-state index in [1.165, 1.54) is 12.1 Å². The third kappa shape index (κ3) is 2.44. The van der Waals surface area contributed by atoms with Gasteiger partial charge in [-0.15, -0.1) is 0 Å². The average Bonchev–Trinajstić information content (AvgIpc) is 2.60. The number of aromatic hydroxyl groups is 1. The summed E-state index contributed by atoms with van der Waals surface area (Å²) in [5, 5.41) is 17.8.